The average Bonchev–Trinajstić information content (AvgIpc) is 2.57. The molecule has 138 valence electrons. The second kappa shape index (κ2) is 15.3. The van der Waals surface area contributed by atoms with Crippen LogP contribution in [0.5, 0.6) is 11.5 Å². The maximum atomic E-state index is 5.67. The summed E-state index contributed by atoms with van der Waals surface area (Å²) in [5.41, 5.74) is 1.23. The van der Waals surface area contributed by atoms with E-state index in [0.717, 1.165) is 24.6 Å². The van der Waals surface area contributed by atoms with Gasteiger partial charge in [-0.2, -0.15) is 0 Å². The minimum atomic E-state index is 0. The lowest BCUT2D eigenvalue weighted by Crippen LogP contribution is -2.14. The topological polar surface area (TPSA) is 30.5 Å². The van der Waals surface area contributed by atoms with Gasteiger partial charge in [-0.15, -0.1) is 12.4 Å². The van der Waals surface area contributed by atoms with Gasteiger partial charge in [-0.3, -0.25) is 0 Å². The highest BCUT2D eigenvalue weighted by Gasteiger charge is 2.06. The quantitative estimate of drug-likeness (QED) is 0.352. The van der Waals surface area contributed by atoms with Crippen molar-refractivity contribution in [2.75, 3.05) is 19.8 Å². The Balaban J connectivity index is 0.00000529. The molecule has 0 unspecified atom stereocenters. The first-order valence-electron chi connectivity index (χ1n) is 9.02. The molecule has 0 aromatic heterocycles. The molecule has 1 N–H and O–H groups in total. The normalized spacial score (nSPS) is 10.1. The molecule has 0 aliphatic rings. The molecule has 1 rings (SSSR count). The zero-order valence-corrected chi connectivity index (χ0v) is 16.1. The Morgan fingerprint density at radius 2 is 1.75 bits per heavy atom. The number of rotatable bonds is 14. The molecule has 3 nitrogen and oxygen atoms in total. The van der Waals surface area contributed by atoms with E-state index in [4.69, 9.17) is 9.47 Å². The van der Waals surface area contributed by atoms with Crippen molar-refractivity contribution in [3.63, 3.8) is 0 Å². The van der Waals surface area contributed by atoms with Crippen LogP contribution in [-0.2, 0) is 6.54 Å². The molecule has 1 aromatic rings. The van der Waals surface area contributed by atoms with Gasteiger partial charge in [0.25, 0.3) is 0 Å². The largest absolute Gasteiger partial charge is 0.490 e. The van der Waals surface area contributed by atoms with Gasteiger partial charge >= 0.3 is 0 Å². The fourth-order valence-electron chi connectivity index (χ4n) is 2.46. The van der Waals surface area contributed by atoms with Gasteiger partial charge in [-0.05, 0) is 37.6 Å². The number of unbranched alkanes of at least 4 members (excludes halogenated alkanes) is 5. The van der Waals surface area contributed by atoms with E-state index in [1.807, 2.05) is 13.0 Å². The molecule has 0 fully saturated rings. The molecule has 1 aromatic carbocycles. The third-order valence-electron chi connectivity index (χ3n) is 3.70. The van der Waals surface area contributed by atoms with E-state index in [-0.39, 0.29) is 12.4 Å². The Morgan fingerprint density at radius 1 is 1.00 bits per heavy atom. The minimum Gasteiger partial charge on any atom is -0.490 e. The monoisotopic (exact) mass is 355 g/mol. The second-order valence-electron chi connectivity index (χ2n) is 5.76. The third kappa shape index (κ3) is 9.84. The van der Waals surface area contributed by atoms with Crippen molar-refractivity contribution in [3.05, 3.63) is 36.4 Å². The summed E-state index contributed by atoms with van der Waals surface area (Å²) in [5, 5.41) is 3.51. The number of hydrogen-bond acceptors (Lipinski definition) is 3. The van der Waals surface area contributed by atoms with Crippen LogP contribution in [-0.4, -0.2) is 19.8 Å². The van der Waals surface area contributed by atoms with E-state index in [2.05, 4.69) is 31.0 Å². The lowest BCUT2D eigenvalue weighted by Gasteiger charge is -2.13. The van der Waals surface area contributed by atoms with Crippen molar-refractivity contribution in [2.24, 2.45) is 0 Å². The lowest BCUT2D eigenvalue weighted by atomic mass is 10.1. The van der Waals surface area contributed by atoms with E-state index in [1.165, 1.54) is 44.1 Å². The number of ether oxygens (including phenoxy) is 2. The van der Waals surface area contributed by atoms with Gasteiger partial charge in [0.15, 0.2) is 11.5 Å². The van der Waals surface area contributed by atoms with E-state index in [0.29, 0.717) is 13.2 Å². The molecule has 4 heteroatoms. The summed E-state index contributed by atoms with van der Waals surface area (Å²) in [4.78, 5) is 0. The summed E-state index contributed by atoms with van der Waals surface area (Å²) in [7, 11) is 0. The lowest BCUT2D eigenvalue weighted by molar-refractivity contribution is 0.296. The highest BCUT2D eigenvalue weighted by Crippen LogP contribution is 2.28. The smallest absolute Gasteiger partial charge is 0.161 e. The zero-order valence-electron chi connectivity index (χ0n) is 15.3. The van der Waals surface area contributed by atoms with Gasteiger partial charge < -0.3 is 14.8 Å². The number of nitrogens with one attached hydrogen (secondary N) is 1. The summed E-state index contributed by atoms with van der Waals surface area (Å²) in [5.74, 6) is 1.60. The van der Waals surface area contributed by atoms with Crippen LogP contribution in [0.2, 0.25) is 0 Å². The first kappa shape index (κ1) is 22.8. The summed E-state index contributed by atoms with van der Waals surface area (Å²) >= 11 is 0. The summed E-state index contributed by atoms with van der Waals surface area (Å²) < 4.78 is 11.3. The van der Waals surface area contributed by atoms with Gasteiger partial charge in [0.05, 0.1) is 6.61 Å². The molecule has 0 atom stereocenters. The molecule has 0 aliphatic carbocycles. The molecular formula is C20H34ClNO2. The molecule has 0 saturated carbocycles. The van der Waals surface area contributed by atoms with Crippen molar-refractivity contribution in [1.29, 1.82) is 0 Å². The highest BCUT2D eigenvalue weighted by molar-refractivity contribution is 5.85. The Morgan fingerprint density at radius 3 is 2.46 bits per heavy atom. The van der Waals surface area contributed by atoms with Gasteiger partial charge in [-0.25, -0.2) is 0 Å². The number of halogens is 1. The van der Waals surface area contributed by atoms with E-state index in [1.54, 1.807) is 6.08 Å². The summed E-state index contributed by atoms with van der Waals surface area (Å²) in [6, 6.07) is 6.14. The number of benzene rings is 1. The Bertz CT molecular complexity index is 438. The summed E-state index contributed by atoms with van der Waals surface area (Å²) in [6.07, 6.45) is 9.74. The Kier molecular flexibility index (Phi) is 14.6. The van der Waals surface area contributed by atoms with Gasteiger partial charge in [0.1, 0.15) is 6.61 Å². The van der Waals surface area contributed by atoms with Crippen molar-refractivity contribution >= 4 is 12.4 Å². The maximum Gasteiger partial charge on any atom is 0.161 e. The van der Waals surface area contributed by atoms with E-state index < -0.39 is 0 Å². The summed E-state index contributed by atoms with van der Waals surface area (Å²) in [6.45, 7) is 11.0. The molecule has 0 radical (unpaired) electrons. The molecule has 24 heavy (non-hydrogen) atoms. The van der Waals surface area contributed by atoms with Crippen molar-refractivity contribution < 1.29 is 9.47 Å². The van der Waals surface area contributed by atoms with Crippen LogP contribution >= 0.6 is 12.4 Å². The molecule has 0 aliphatic heterocycles. The van der Waals surface area contributed by atoms with E-state index in [9.17, 15) is 0 Å². The predicted molar refractivity (Wildman–Crippen MR) is 106 cm³/mol. The Labute approximate surface area is 154 Å². The molecule has 0 saturated heterocycles. The van der Waals surface area contributed by atoms with Crippen molar-refractivity contribution in [3.8, 4) is 11.5 Å². The van der Waals surface area contributed by atoms with Gasteiger partial charge in [0.2, 0.25) is 0 Å². The first-order chi connectivity index (χ1) is 11.3. The maximum absolute atomic E-state index is 5.67. The van der Waals surface area contributed by atoms with E-state index >= 15 is 0 Å². The van der Waals surface area contributed by atoms with Gasteiger partial charge in [-0.1, -0.05) is 57.7 Å². The Hall–Kier alpha value is -1.19. The van der Waals surface area contributed by atoms with Crippen LogP contribution in [0.1, 0.15) is 57.9 Å². The molecule has 0 spiro atoms. The van der Waals surface area contributed by atoms with Crippen LogP contribution in [0, 0.1) is 0 Å². The predicted octanol–water partition coefficient (Wildman–Crippen LogP) is 5.52. The van der Waals surface area contributed by atoms with Crippen LogP contribution in [0.25, 0.3) is 0 Å². The van der Waals surface area contributed by atoms with Crippen LogP contribution < -0.4 is 14.8 Å². The highest BCUT2D eigenvalue weighted by atomic mass is 35.5. The van der Waals surface area contributed by atoms with Crippen LogP contribution in [0.3, 0.4) is 0 Å². The van der Waals surface area contributed by atoms with Gasteiger partial charge in [0, 0.05) is 6.54 Å². The van der Waals surface area contributed by atoms with Crippen LogP contribution in [0.4, 0.5) is 0 Å². The average molecular weight is 356 g/mol. The van der Waals surface area contributed by atoms with Crippen molar-refractivity contribution in [2.45, 2.75) is 58.9 Å². The van der Waals surface area contributed by atoms with Crippen molar-refractivity contribution in [1.82, 2.24) is 5.32 Å². The molecule has 0 amide bonds. The fourth-order valence-corrected chi connectivity index (χ4v) is 2.46. The molecular weight excluding hydrogens is 322 g/mol. The molecule has 0 bridgehead atoms. The SMILES string of the molecule is C=CCOc1ccc(CNCCCCCCCC)cc1OCC.Cl. The minimum absolute atomic E-state index is 0. The molecule has 0 heterocycles. The third-order valence-corrected chi connectivity index (χ3v) is 3.70. The van der Waals surface area contributed by atoms with Crippen LogP contribution in [0.15, 0.2) is 30.9 Å². The standard InChI is InChI=1S/C20H33NO2.ClH/c1-4-7-8-9-10-11-14-21-17-18-12-13-19(23-15-5-2)20(16-18)22-6-3;/h5,12-13,16,21H,2,4,6-11,14-15,17H2,1,3H3;1H. The number of hydrogen-bond donors (Lipinski definition) is 1. The first-order valence-corrected chi connectivity index (χ1v) is 9.02. The zero-order chi connectivity index (χ0) is 16.8. The second-order valence-corrected chi connectivity index (χ2v) is 5.76. The fraction of sp³-hybridized carbons (Fsp3) is 0.600.